The molecule has 3 heterocycles. The van der Waals surface area contributed by atoms with Gasteiger partial charge in [-0.3, -0.25) is 4.90 Å². The molecular weight excluding hydrogens is 398 g/mol. The molecule has 5 nitrogen and oxygen atoms in total. The second-order valence-corrected chi connectivity index (χ2v) is 7.43. The van der Waals surface area contributed by atoms with Crippen LogP contribution in [0.15, 0.2) is 48.8 Å². The van der Waals surface area contributed by atoms with Crippen LogP contribution in [0.4, 0.5) is 20.3 Å². The molecule has 1 aliphatic heterocycles. The summed E-state index contributed by atoms with van der Waals surface area (Å²) in [5.74, 6) is 1.49. The Morgan fingerprint density at radius 2 is 1.97 bits per heavy atom. The molecule has 0 amide bonds. The van der Waals surface area contributed by atoms with E-state index in [0.717, 1.165) is 40.9 Å². The monoisotopic (exact) mass is 418 g/mol. The number of likely N-dealkylation sites (tertiary alicyclic amines) is 1. The number of hydrogen-bond acceptors (Lipinski definition) is 5. The summed E-state index contributed by atoms with van der Waals surface area (Å²) in [6.07, 6.45) is 2.64. The molecule has 0 unspecified atom stereocenters. The van der Waals surface area contributed by atoms with Crippen molar-refractivity contribution < 1.29 is 13.5 Å². The number of anilines is 2. The standard InChI is InChI=1S/C21H21ClF2N4O/c22-19-4-1-15(12-26-19)27-21-18-3-2-17(11-14(18)5-8-25-21)29-16-6-9-28(10-7-16)13-20(23)24/h1-5,8,11-12,16,20H,6-7,9-10,13H2,(H,25,27). The summed E-state index contributed by atoms with van der Waals surface area (Å²) in [7, 11) is 0. The first kappa shape index (κ1) is 19.8. The molecule has 0 saturated carbocycles. The molecule has 0 aliphatic carbocycles. The van der Waals surface area contributed by atoms with E-state index < -0.39 is 6.43 Å². The molecule has 1 N–H and O–H groups in total. The van der Waals surface area contributed by atoms with Gasteiger partial charge in [-0.2, -0.15) is 0 Å². The van der Waals surface area contributed by atoms with Gasteiger partial charge in [-0.25, -0.2) is 18.7 Å². The fourth-order valence-corrected chi connectivity index (χ4v) is 3.62. The molecule has 1 fully saturated rings. The summed E-state index contributed by atoms with van der Waals surface area (Å²) in [4.78, 5) is 10.3. The highest BCUT2D eigenvalue weighted by atomic mass is 35.5. The third kappa shape index (κ3) is 5.10. The Morgan fingerprint density at radius 1 is 1.14 bits per heavy atom. The smallest absolute Gasteiger partial charge is 0.251 e. The van der Waals surface area contributed by atoms with Crippen molar-refractivity contribution in [1.82, 2.24) is 14.9 Å². The molecule has 8 heteroatoms. The van der Waals surface area contributed by atoms with Crippen molar-refractivity contribution >= 4 is 33.9 Å². The molecule has 1 saturated heterocycles. The van der Waals surface area contributed by atoms with Crippen LogP contribution in [0.2, 0.25) is 5.15 Å². The zero-order valence-corrected chi connectivity index (χ0v) is 16.4. The largest absolute Gasteiger partial charge is 0.490 e. The van der Waals surface area contributed by atoms with Crippen molar-refractivity contribution in [3.63, 3.8) is 0 Å². The van der Waals surface area contributed by atoms with Crippen LogP contribution in [0, 0.1) is 0 Å². The number of pyridine rings is 2. The van der Waals surface area contributed by atoms with Crippen molar-refractivity contribution in [3.05, 3.63) is 53.9 Å². The number of alkyl halides is 2. The fourth-order valence-electron chi connectivity index (χ4n) is 3.51. The Labute approximate surface area is 172 Å². The number of hydrogen-bond donors (Lipinski definition) is 1. The van der Waals surface area contributed by atoms with E-state index in [2.05, 4.69) is 15.3 Å². The van der Waals surface area contributed by atoms with Gasteiger partial charge in [-0.05, 0) is 54.6 Å². The van der Waals surface area contributed by atoms with Gasteiger partial charge in [0.2, 0.25) is 0 Å². The van der Waals surface area contributed by atoms with Gasteiger partial charge in [0.05, 0.1) is 18.4 Å². The minimum Gasteiger partial charge on any atom is -0.490 e. The van der Waals surface area contributed by atoms with E-state index >= 15 is 0 Å². The summed E-state index contributed by atoms with van der Waals surface area (Å²) in [5, 5.41) is 5.65. The first-order chi connectivity index (χ1) is 14.1. The predicted octanol–water partition coefficient (Wildman–Crippen LogP) is 5.14. The molecule has 29 heavy (non-hydrogen) atoms. The van der Waals surface area contributed by atoms with Gasteiger partial charge < -0.3 is 10.1 Å². The fraction of sp³-hybridized carbons (Fsp3) is 0.333. The number of ether oxygens (including phenoxy) is 1. The number of nitrogens with zero attached hydrogens (tertiary/aromatic N) is 3. The Bertz CT molecular complexity index is 963. The molecule has 0 radical (unpaired) electrons. The molecule has 0 spiro atoms. The lowest BCUT2D eigenvalue weighted by Crippen LogP contribution is -2.40. The topological polar surface area (TPSA) is 50.3 Å². The second kappa shape index (κ2) is 8.88. The maximum absolute atomic E-state index is 12.5. The van der Waals surface area contributed by atoms with Crippen LogP contribution < -0.4 is 10.1 Å². The van der Waals surface area contributed by atoms with Gasteiger partial charge in [-0.1, -0.05) is 11.6 Å². The third-order valence-electron chi connectivity index (χ3n) is 4.96. The van der Waals surface area contributed by atoms with Crippen LogP contribution in [-0.2, 0) is 0 Å². The van der Waals surface area contributed by atoms with E-state index in [9.17, 15) is 8.78 Å². The number of halogens is 3. The number of nitrogens with one attached hydrogen (secondary N) is 1. The Hall–Kier alpha value is -2.51. The van der Waals surface area contributed by atoms with Crippen molar-refractivity contribution in [2.24, 2.45) is 0 Å². The number of rotatable bonds is 6. The van der Waals surface area contributed by atoms with Crippen LogP contribution in [0.5, 0.6) is 5.75 Å². The van der Waals surface area contributed by atoms with Crippen molar-refractivity contribution in [3.8, 4) is 5.75 Å². The molecule has 3 aromatic rings. The second-order valence-electron chi connectivity index (χ2n) is 7.05. The van der Waals surface area contributed by atoms with Gasteiger partial charge in [0.1, 0.15) is 22.8 Å². The average molecular weight is 419 g/mol. The predicted molar refractivity (Wildman–Crippen MR) is 110 cm³/mol. The van der Waals surface area contributed by atoms with Gasteiger partial charge in [0.15, 0.2) is 0 Å². The van der Waals surface area contributed by atoms with Gasteiger partial charge in [0, 0.05) is 24.7 Å². The highest BCUT2D eigenvalue weighted by Crippen LogP contribution is 2.29. The highest BCUT2D eigenvalue weighted by molar-refractivity contribution is 6.29. The summed E-state index contributed by atoms with van der Waals surface area (Å²) in [6.45, 7) is 1.11. The molecule has 152 valence electrons. The lowest BCUT2D eigenvalue weighted by atomic mass is 10.1. The van der Waals surface area contributed by atoms with Gasteiger partial charge >= 0.3 is 0 Å². The van der Waals surface area contributed by atoms with E-state index in [0.29, 0.717) is 18.2 Å². The average Bonchev–Trinajstić information content (AvgIpc) is 2.71. The summed E-state index contributed by atoms with van der Waals surface area (Å²) in [5.41, 5.74) is 0.797. The molecule has 4 rings (SSSR count). The van der Waals surface area contributed by atoms with Crippen molar-refractivity contribution in [2.75, 3.05) is 25.0 Å². The maximum Gasteiger partial charge on any atom is 0.251 e. The summed E-state index contributed by atoms with van der Waals surface area (Å²) >= 11 is 5.83. The number of piperidine rings is 1. The lowest BCUT2D eigenvalue weighted by Gasteiger charge is -2.31. The molecule has 1 aliphatic rings. The van der Waals surface area contributed by atoms with Crippen LogP contribution in [0.1, 0.15) is 12.8 Å². The quantitative estimate of drug-likeness (QED) is 0.562. The van der Waals surface area contributed by atoms with Crippen LogP contribution in [0.25, 0.3) is 10.8 Å². The normalized spacial score (nSPS) is 15.7. The zero-order valence-electron chi connectivity index (χ0n) is 15.7. The van der Waals surface area contributed by atoms with Crippen LogP contribution >= 0.6 is 11.6 Å². The minimum atomic E-state index is -2.28. The van der Waals surface area contributed by atoms with E-state index in [1.807, 2.05) is 30.3 Å². The van der Waals surface area contributed by atoms with Gasteiger partial charge in [-0.15, -0.1) is 0 Å². The highest BCUT2D eigenvalue weighted by Gasteiger charge is 2.22. The lowest BCUT2D eigenvalue weighted by molar-refractivity contribution is 0.0479. The van der Waals surface area contributed by atoms with E-state index in [-0.39, 0.29) is 12.6 Å². The molecule has 2 aromatic heterocycles. The zero-order chi connectivity index (χ0) is 20.2. The molecule has 0 atom stereocenters. The van der Waals surface area contributed by atoms with Crippen molar-refractivity contribution in [1.29, 1.82) is 0 Å². The maximum atomic E-state index is 12.5. The Morgan fingerprint density at radius 3 is 2.69 bits per heavy atom. The first-order valence-electron chi connectivity index (χ1n) is 9.51. The SMILES string of the molecule is FC(F)CN1CCC(Oc2ccc3c(Nc4ccc(Cl)nc4)nccc3c2)CC1. The Balaban J connectivity index is 1.44. The molecular formula is C21H21ClF2N4O. The Kier molecular flexibility index (Phi) is 6.06. The molecule has 1 aromatic carbocycles. The number of aromatic nitrogens is 2. The van der Waals surface area contributed by atoms with Crippen molar-refractivity contribution in [2.45, 2.75) is 25.4 Å². The minimum absolute atomic E-state index is 0.0425. The molecule has 0 bridgehead atoms. The van der Waals surface area contributed by atoms with E-state index in [1.165, 1.54) is 0 Å². The first-order valence-corrected chi connectivity index (χ1v) is 9.89. The van der Waals surface area contributed by atoms with E-state index in [1.54, 1.807) is 23.4 Å². The van der Waals surface area contributed by atoms with E-state index in [4.69, 9.17) is 16.3 Å². The summed E-state index contributed by atoms with van der Waals surface area (Å²) in [6, 6.07) is 11.4. The van der Waals surface area contributed by atoms with Crippen LogP contribution in [-0.4, -0.2) is 47.0 Å². The summed E-state index contributed by atoms with van der Waals surface area (Å²) < 4.78 is 31.1. The van der Waals surface area contributed by atoms with Crippen LogP contribution in [0.3, 0.4) is 0 Å². The number of benzene rings is 1. The number of fused-ring (bicyclic) bond motifs is 1. The van der Waals surface area contributed by atoms with Gasteiger partial charge in [0.25, 0.3) is 6.43 Å². The third-order valence-corrected chi connectivity index (χ3v) is 5.18.